The molecule has 22 heavy (non-hydrogen) atoms. The number of nitrogens with zero attached hydrogens (tertiary/aromatic N) is 2. The molecule has 1 aromatic carbocycles. The zero-order chi connectivity index (χ0) is 15.2. The Labute approximate surface area is 129 Å². The highest BCUT2D eigenvalue weighted by Gasteiger charge is 2.18. The van der Waals surface area contributed by atoms with Crippen molar-refractivity contribution in [2.75, 3.05) is 39.4 Å². The molecular formula is C16H19N3O3. The molecule has 6 nitrogen and oxygen atoms in total. The SMILES string of the molecule is O=C(NCCN1CCOCC1)c1ocnc1-c1ccccc1. The van der Waals surface area contributed by atoms with Crippen LogP contribution in [0.25, 0.3) is 11.3 Å². The predicted octanol–water partition coefficient (Wildman–Crippen LogP) is 1.40. The summed E-state index contributed by atoms with van der Waals surface area (Å²) in [5.41, 5.74) is 1.44. The maximum Gasteiger partial charge on any atom is 0.289 e. The summed E-state index contributed by atoms with van der Waals surface area (Å²) >= 11 is 0. The van der Waals surface area contributed by atoms with E-state index in [1.807, 2.05) is 30.3 Å². The summed E-state index contributed by atoms with van der Waals surface area (Å²) < 4.78 is 10.6. The summed E-state index contributed by atoms with van der Waals surface area (Å²) in [5.74, 6) is 0.0257. The molecule has 2 aromatic rings. The molecule has 0 bridgehead atoms. The summed E-state index contributed by atoms with van der Waals surface area (Å²) in [5, 5.41) is 2.89. The molecular weight excluding hydrogens is 282 g/mol. The molecule has 2 heterocycles. The molecule has 1 aliphatic rings. The molecule has 0 saturated carbocycles. The Bertz CT molecular complexity index is 606. The molecule has 0 spiro atoms. The van der Waals surface area contributed by atoms with Crippen molar-refractivity contribution in [2.24, 2.45) is 0 Å². The number of amides is 1. The number of ether oxygens (including phenoxy) is 1. The molecule has 1 aliphatic heterocycles. The van der Waals surface area contributed by atoms with E-state index in [1.54, 1.807) is 0 Å². The Morgan fingerprint density at radius 1 is 1.23 bits per heavy atom. The highest BCUT2D eigenvalue weighted by Crippen LogP contribution is 2.21. The fourth-order valence-electron chi connectivity index (χ4n) is 2.44. The van der Waals surface area contributed by atoms with Gasteiger partial charge in [-0.25, -0.2) is 4.98 Å². The van der Waals surface area contributed by atoms with Crippen molar-refractivity contribution in [3.05, 3.63) is 42.5 Å². The van der Waals surface area contributed by atoms with E-state index in [1.165, 1.54) is 6.39 Å². The first-order valence-electron chi connectivity index (χ1n) is 7.42. The van der Waals surface area contributed by atoms with Crippen molar-refractivity contribution in [3.63, 3.8) is 0 Å². The largest absolute Gasteiger partial charge is 0.438 e. The second-order valence-electron chi connectivity index (χ2n) is 5.11. The van der Waals surface area contributed by atoms with E-state index in [0.717, 1.165) is 38.4 Å². The standard InChI is InChI=1S/C16H19N3O3/c20-16(17-6-7-19-8-10-21-11-9-19)15-14(18-12-22-15)13-4-2-1-3-5-13/h1-5,12H,6-11H2,(H,17,20). The molecule has 3 rings (SSSR count). The molecule has 116 valence electrons. The number of benzene rings is 1. The quantitative estimate of drug-likeness (QED) is 0.904. The van der Waals surface area contributed by atoms with Gasteiger partial charge in [0.2, 0.25) is 5.76 Å². The average Bonchev–Trinajstić information content (AvgIpc) is 3.06. The third-order valence-electron chi connectivity index (χ3n) is 3.64. The van der Waals surface area contributed by atoms with Crippen LogP contribution >= 0.6 is 0 Å². The van der Waals surface area contributed by atoms with E-state index in [-0.39, 0.29) is 11.7 Å². The van der Waals surface area contributed by atoms with Crippen molar-refractivity contribution < 1.29 is 13.9 Å². The normalized spacial score (nSPS) is 15.6. The third kappa shape index (κ3) is 3.52. The minimum Gasteiger partial charge on any atom is -0.438 e. The topological polar surface area (TPSA) is 67.6 Å². The first-order chi connectivity index (χ1) is 10.8. The Balaban J connectivity index is 1.58. The van der Waals surface area contributed by atoms with Gasteiger partial charge in [0, 0.05) is 31.7 Å². The molecule has 0 atom stereocenters. The van der Waals surface area contributed by atoms with Crippen LogP contribution in [0.15, 0.2) is 41.1 Å². The summed E-state index contributed by atoms with van der Waals surface area (Å²) in [6.45, 7) is 4.72. The summed E-state index contributed by atoms with van der Waals surface area (Å²) in [6.07, 6.45) is 1.30. The fraction of sp³-hybridized carbons (Fsp3) is 0.375. The highest BCUT2D eigenvalue weighted by molar-refractivity contribution is 5.97. The van der Waals surface area contributed by atoms with E-state index in [0.29, 0.717) is 12.2 Å². The number of carbonyl (C=O) groups excluding carboxylic acids is 1. The molecule has 1 fully saturated rings. The van der Waals surface area contributed by atoms with Gasteiger partial charge in [-0.05, 0) is 0 Å². The lowest BCUT2D eigenvalue weighted by Gasteiger charge is -2.26. The number of hydrogen-bond donors (Lipinski definition) is 1. The number of rotatable bonds is 5. The molecule has 0 unspecified atom stereocenters. The van der Waals surface area contributed by atoms with Crippen molar-refractivity contribution in [1.82, 2.24) is 15.2 Å². The summed E-state index contributed by atoms with van der Waals surface area (Å²) in [6, 6.07) is 9.55. The van der Waals surface area contributed by atoms with Gasteiger partial charge < -0.3 is 14.5 Å². The summed E-state index contributed by atoms with van der Waals surface area (Å²) in [7, 11) is 0. The van der Waals surface area contributed by atoms with Gasteiger partial charge >= 0.3 is 0 Å². The number of hydrogen-bond acceptors (Lipinski definition) is 5. The van der Waals surface area contributed by atoms with Crippen LogP contribution in [0.1, 0.15) is 10.6 Å². The van der Waals surface area contributed by atoms with Gasteiger partial charge in [-0.1, -0.05) is 30.3 Å². The average molecular weight is 301 g/mol. The predicted molar refractivity (Wildman–Crippen MR) is 81.5 cm³/mol. The van der Waals surface area contributed by atoms with E-state index < -0.39 is 0 Å². The number of morpholine rings is 1. The van der Waals surface area contributed by atoms with Crippen LogP contribution < -0.4 is 5.32 Å². The second-order valence-corrected chi connectivity index (χ2v) is 5.11. The molecule has 1 amide bonds. The zero-order valence-electron chi connectivity index (χ0n) is 12.3. The number of aromatic nitrogens is 1. The van der Waals surface area contributed by atoms with Crippen molar-refractivity contribution >= 4 is 5.91 Å². The van der Waals surface area contributed by atoms with Crippen LogP contribution in [0.2, 0.25) is 0 Å². The van der Waals surface area contributed by atoms with Gasteiger partial charge in [0.1, 0.15) is 5.69 Å². The van der Waals surface area contributed by atoms with Crippen molar-refractivity contribution in [3.8, 4) is 11.3 Å². The van der Waals surface area contributed by atoms with Crippen LogP contribution in [0.5, 0.6) is 0 Å². The molecule has 6 heteroatoms. The lowest BCUT2D eigenvalue weighted by Crippen LogP contribution is -2.41. The van der Waals surface area contributed by atoms with Crippen molar-refractivity contribution in [2.45, 2.75) is 0 Å². The monoisotopic (exact) mass is 301 g/mol. The van der Waals surface area contributed by atoms with E-state index in [2.05, 4.69) is 15.2 Å². The Kier molecular flexibility index (Phi) is 4.82. The first kappa shape index (κ1) is 14.7. The van der Waals surface area contributed by atoms with Gasteiger partial charge in [0.05, 0.1) is 13.2 Å². The van der Waals surface area contributed by atoms with E-state index >= 15 is 0 Å². The Morgan fingerprint density at radius 2 is 2.00 bits per heavy atom. The third-order valence-corrected chi connectivity index (χ3v) is 3.64. The zero-order valence-corrected chi connectivity index (χ0v) is 12.3. The maximum atomic E-state index is 12.3. The number of oxazole rings is 1. The minimum atomic E-state index is -0.232. The molecule has 0 aliphatic carbocycles. The van der Waals surface area contributed by atoms with Crippen LogP contribution in [-0.4, -0.2) is 55.2 Å². The highest BCUT2D eigenvalue weighted by atomic mass is 16.5. The molecule has 1 N–H and O–H groups in total. The van der Waals surface area contributed by atoms with Crippen LogP contribution in [0.3, 0.4) is 0 Å². The maximum absolute atomic E-state index is 12.3. The Morgan fingerprint density at radius 3 is 2.77 bits per heavy atom. The van der Waals surface area contributed by atoms with Gasteiger partial charge in [0.15, 0.2) is 6.39 Å². The van der Waals surface area contributed by atoms with Gasteiger partial charge in [-0.2, -0.15) is 0 Å². The molecule has 1 aromatic heterocycles. The van der Waals surface area contributed by atoms with Crippen LogP contribution in [0.4, 0.5) is 0 Å². The van der Waals surface area contributed by atoms with Crippen molar-refractivity contribution in [1.29, 1.82) is 0 Å². The minimum absolute atomic E-state index is 0.232. The number of carbonyl (C=O) groups is 1. The van der Waals surface area contributed by atoms with E-state index in [4.69, 9.17) is 9.15 Å². The van der Waals surface area contributed by atoms with Gasteiger partial charge in [-0.15, -0.1) is 0 Å². The van der Waals surface area contributed by atoms with E-state index in [9.17, 15) is 4.79 Å². The first-order valence-corrected chi connectivity index (χ1v) is 7.42. The second kappa shape index (κ2) is 7.20. The molecule has 1 saturated heterocycles. The van der Waals surface area contributed by atoms with Crippen LogP contribution in [-0.2, 0) is 4.74 Å². The fourth-order valence-corrected chi connectivity index (χ4v) is 2.44. The Hall–Kier alpha value is -2.18. The lowest BCUT2D eigenvalue weighted by molar-refractivity contribution is 0.0382. The smallest absolute Gasteiger partial charge is 0.289 e. The molecule has 0 radical (unpaired) electrons. The van der Waals surface area contributed by atoms with Gasteiger partial charge in [-0.3, -0.25) is 9.69 Å². The number of nitrogens with one attached hydrogen (secondary N) is 1. The summed E-state index contributed by atoms with van der Waals surface area (Å²) in [4.78, 5) is 18.7. The van der Waals surface area contributed by atoms with Crippen LogP contribution in [0, 0.1) is 0 Å². The van der Waals surface area contributed by atoms with Gasteiger partial charge in [0.25, 0.3) is 5.91 Å². The lowest BCUT2D eigenvalue weighted by atomic mass is 10.1.